The zero-order valence-electron chi connectivity index (χ0n) is 11.1. The van der Waals surface area contributed by atoms with Gasteiger partial charge in [0.15, 0.2) is 11.5 Å². The summed E-state index contributed by atoms with van der Waals surface area (Å²) >= 11 is 6.32. The smallest absolute Gasteiger partial charge is 0.162 e. The van der Waals surface area contributed by atoms with Crippen LogP contribution in [0.5, 0.6) is 11.5 Å². The molecule has 2 heterocycles. The molecule has 0 saturated carbocycles. The van der Waals surface area contributed by atoms with Gasteiger partial charge in [-0.25, -0.2) is 0 Å². The quantitative estimate of drug-likeness (QED) is 0.904. The molecule has 0 radical (unpaired) electrons. The van der Waals surface area contributed by atoms with Gasteiger partial charge in [-0.15, -0.1) is 0 Å². The number of halogens is 1. The van der Waals surface area contributed by atoms with Gasteiger partial charge < -0.3 is 24.7 Å². The van der Waals surface area contributed by atoms with Gasteiger partial charge in [0.1, 0.15) is 6.10 Å². The minimum absolute atomic E-state index is 0.189. The Morgan fingerprint density at radius 1 is 1.10 bits per heavy atom. The van der Waals surface area contributed by atoms with E-state index in [0.717, 1.165) is 12.0 Å². The van der Waals surface area contributed by atoms with Crippen LogP contribution in [0.4, 0.5) is 0 Å². The molecule has 0 spiro atoms. The molecule has 0 aromatic heterocycles. The summed E-state index contributed by atoms with van der Waals surface area (Å²) in [7, 11) is 0. The van der Waals surface area contributed by atoms with Crippen LogP contribution in [0.15, 0.2) is 12.1 Å². The van der Waals surface area contributed by atoms with Crippen molar-refractivity contribution in [2.45, 2.75) is 18.6 Å². The molecule has 0 amide bonds. The van der Waals surface area contributed by atoms with E-state index in [1.54, 1.807) is 6.07 Å². The molecule has 5 nitrogen and oxygen atoms in total. The summed E-state index contributed by atoms with van der Waals surface area (Å²) in [6, 6.07) is 3.27. The molecule has 2 aliphatic rings. The largest absolute Gasteiger partial charge is 0.490 e. The van der Waals surface area contributed by atoms with Gasteiger partial charge >= 0.3 is 0 Å². The standard InChI is InChI=1S/C14H18ClNO4/c15-10-7-12-11(18-2-1-3-19-12)6-9(10)14(16)13-8-17-4-5-20-13/h6-7,13-14H,1-5,8,16H2. The Hall–Kier alpha value is -1.01. The highest BCUT2D eigenvalue weighted by Crippen LogP contribution is 2.38. The Bertz CT molecular complexity index is 476. The van der Waals surface area contributed by atoms with Crippen LogP contribution >= 0.6 is 11.6 Å². The lowest BCUT2D eigenvalue weighted by Gasteiger charge is -2.29. The van der Waals surface area contributed by atoms with Gasteiger partial charge in [-0.05, 0) is 11.6 Å². The van der Waals surface area contributed by atoms with Gasteiger partial charge in [-0.1, -0.05) is 11.6 Å². The van der Waals surface area contributed by atoms with E-state index in [1.165, 1.54) is 0 Å². The van der Waals surface area contributed by atoms with Crippen LogP contribution in [-0.2, 0) is 9.47 Å². The second kappa shape index (κ2) is 6.18. The van der Waals surface area contributed by atoms with E-state index in [9.17, 15) is 0 Å². The van der Waals surface area contributed by atoms with E-state index in [4.69, 9.17) is 36.3 Å². The SMILES string of the molecule is NC(c1cc2c(cc1Cl)OCCCO2)C1COCCO1. The molecule has 1 aromatic rings. The fraction of sp³-hybridized carbons (Fsp3) is 0.571. The fourth-order valence-corrected chi connectivity index (χ4v) is 2.65. The van der Waals surface area contributed by atoms with Crippen molar-refractivity contribution in [1.82, 2.24) is 0 Å². The van der Waals surface area contributed by atoms with Crippen molar-refractivity contribution in [3.63, 3.8) is 0 Å². The van der Waals surface area contributed by atoms with Crippen LogP contribution in [0, 0.1) is 0 Å². The molecule has 3 rings (SSSR count). The van der Waals surface area contributed by atoms with E-state index in [-0.39, 0.29) is 12.1 Å². The average Bonchev–Trinajstić information content (AvgIpc) is 2.71. The van der Waals surface area contributed by atoms with Crippen molar-refractivity contribution < 1.29 is 18.9 Å². The number of hydrogen-bond acceptors (Lipinski definition) is 5. The monoisotopic (exact) mass is 299 g/mol. The minimum atomic E-state index is -0.347. The number of hydrogen-bond donors (Lipinski definition) is 1. The van der Waals surface area contributed by atoms with Crippen LogP contribution in [0.25, 0.3) is 0 Å². The molecule has 1 aromatic carbocycles. The maximum Gasteiger partial charge on any atom is 0.162 e. The average molecular weight is 300 g/mol. The van der Waals surface area contributed by atoms with E-state index < -0.39 is 0 Å². The topological polar surface area (TPSA) is 62.9 Å². The molecular formula is C14H18ClNO4. The van der Waals surface area contributed by atoms with Crippen LogP contribution < -0.4 is 15.2 Å². The van der Waals surface area contributed by atoms with Gasteiger partial charge in [0, 0.05) is 17.5 Å². The van der Waals surface area contributed by atoms with Gasteiger partial charge in [0.05, 0.1) is 39.1 Å². The molecule has 2 aliphatic heterocycles. The molecule has 0 bridgehead atoms. The molecule has 1 saturated heterocycles. The summed E-state index contributed by atoms with van der Waals surface area (Å²) in [5.74, 6) is 1.36. The molecule has 0 aliphatic carbocycles. The van der Waals surface area contributed by atoms with E-state index in [0.29, 0.717) is 49.6 Å². The summed E-state index contributed by atoms with van der Waals surface area (Å²) in [5.41, 5.74) is 7.05. The van der Waals surface area contributed by atoms with Crippen molar-refractivity contribution >= 4 is 11.6 Å². The van der Waals surface area contributed by atoms with Crippen LogP contribution in [-0.4, -0.2) is 39.1 Å². The lowest BCUT2D eigenvalue weighted by Crippen LogP contribution is -2.37. The van der Waals surface area contributed by atoms with Crippen LogP contribution in [0.1, 0.15) is 18.0 Å². The molecule has 2 N–H and O–H groups in total. The Balaban J connectivity index is 1.86. The molecule has 1 fully saturated rings. The van der Waals surface area contributed by atoms with Crippen molar-refractivity contribution in [3.8, 4) is 11.5 Å². The Morgan fingerprint density at radius 2 is 1.85 bits per heavy atom. The van der Waals surface area contributed by atoms with E-state index in [2.05, 4.69) is 0 Å². The van der Waals surface area contributed by atoms with Crippen LogP contribution in [0.2, 0.25) is 5.02 Å². The highest BCUT2D eigenvalue weighted by Gasteiger charge is 2.27. The van der Waals surface area contributed by atoms with Gasteiger partial charge in [0.25, 0.3) is 0 Å². The number of ether oxygens (including phenoxy) is 4. The van der Waals surface area contributed by atoms with Gasteiger partial charge in [-0.2, -0.15) is 0 Å². The van der Waals surface area contributed by atoms with Gasteiger partial charge in [-0.3, -0.25) is 0 Å². The predicted molar refractivity (Wildman–Crippen MR) is 74.5 cm³/mol. The maximum absolute atomic E-state index is 6.32. The first-order valence-electron chi connectivity index (χ1n) is 6.79. The zero-order valence-corrected chi connectivity index (χ0v) is 11.9. The molecule has 6 heteroatoms. The molecule has 2 atom stereocenters. The summed E-state index contributed by atoms with van der Waals surface area (Å²) in [6.45, 7) is 2.91. The molecular weight excluding hydrogens is 282 g/mol. The lowest BCUT2D eigenvalue weighted by atomic mass is 10.0. The predicted octanol–water partition coefficient (Wildman–Crippen LogP) is 1.92. The third kappa shape index (κ3) is 2.86. The first-order chi connectivity index (χ1) is 9.75. The minimum Gasteiger partial charge on any atom is -0.490 e. The molecule has 2 unspecified atom stereocenters. The van der Waals surface area contributed by atoms with Crippen molar-refractivity contribution in [3.05, 3.63) is 22.7 Å². The molecule has 20 heavy (non-hydrogen) atoms. The Kier molecular flexibility index (Phi) is 4.31. The summed E-state index contributed by atoms with van der Waals surface area (Å²) in [6.07, 6.45) is 0.666. The fourth-order valence-electron chi connectivity index (χ4n) is 2.37. The summed E-state index contributed by atoms with van der Waals surface area (Å²) in [4.78, 5) is 0. The van der Waals surface area contributed by atoms with Crippen molar-refractivity contribution in [2.24, 2.45) is 5.73 Å². The summed E-state index contributed by atoms with van der Waals surface area (Å²) < 4.78 is 22.3. The zero-order chi connectivity index (χ0) is 13.9. The van der Waals surface area contributed by atoms with Crippen molar-refractivity contribution in [1.29, 1.82) is 0 Å². The van der Waals surface area contributed by atoms with Crippen LogP contribution in [0.3, 0.4) is 0 Å². The second-order valence-electron chi connectivity index (χ2n) is 4.88. The maximum atomic E-state index is 6.32. The third-order valence-corrected chi connectivity index (χ3v) is 3.80. The Labute approximate surface area is 122 Å². The number of fused-ring (bicyclic) bond motifs is 1. The first-order valence-corrected chi connectivity index (χ1v) is 7.17. The number of nitrogens with two attached hydrogens (primary N) is 1. The van der Waals surface area contributed by atoms with Crippen molar-refractivity contribution in [2.75, 3.05) is 33.0 Å². The molecule has 110 valence electrons. The van der Waals surface area contributed by atoms with E-state index >= 15 is 0 Å². The number of benzene rings is 1. The van der Waals surface area contributed by atoms with E-state index in [1.807, 2.05) is 6.07 Å². The normalized spacial score (nSPS) is 24.0. The second-order valence-corrected chi connectivity index (χ2v) is 5.29. The highest BCUT2D eigenvalue weighted by atomic mass is 35.5. The number of rotatable bonds is 2. The summed E-state index contributed by atoms with van der Waals surface area (Å²) in [5, 5.41) is 0.566. The Morgan fingerprint density at radius 3 is 2.55 bits per heavy atom. The third-order valence-electron chi connectivity index (χ3n) is 3.47. The lowest BCUT2D eigenvalue weighted by molar-refractivity contribution is -0.0975. The first kappa shape index (κ1) is 13.9. The highest BCUT2D eigenvalue weighted by molar-refractivity contribution is 6.31. The van der Waals surface area contributed by atoms with Gasteiger partial charge in [0.2, 0.25) is 0 Å².